The van der Waals surface area contributed by atoms with E-state index < -0.39 is 0 Å². The van der Waals surface area contributed by atoms with Gasteiger partial charge in [0.15, 0.2) is 0 Å². The molecule has 3 heteroatoms. The lowest BCUT2D eigenvalue weighted by atomic mass is 10.0. The van der Waals surface area contributed by atoms with Crippen LogP contribution >= 0.6 is 0 Å². The number of methoxy groups -OCH3 is 1. The Morgan fingerprint density at radius 2 is 1.80 bits per heavy atom. The molecule has 0 saturated heterocycles. The average molecular weight is 265 g/mol. The van der Waals surface area contributed by atoms with Crippen LogP contribution in [0.2, 0.25) is 0 Å². The molecule has 0 unspecified atom stereocenters. The first-order valence-electron chi connectivity index (χ1n) is 6.39. The SMILES string of the molecule is COC(=O)c1cccc(CCc2ccc(C#N)cc2)c1. The molecule has 0 aliphatic rings. The largest absolute Gasteiger partial charge is 0.465 e. The zero-order valence-corrected chi connectivity index (χ0v) is 11.3. The van der Waals surface area contributed by atoms with Crippen molar-refractivity contribution < 1.29 is 9.53 Å². The Kier molecular flexibility index (Phi) is 4.52. The van der Waals surface area contributed by atoms with Crippen molar-refractivity contribution in [3.05, 3.63) is 70.8 Å². The Hall–Kier alpha value is -2.60. The quantitative estimate of drug-likeness (QED) is 0.798. The molecular weight excluding hydrogens is 250 g/mol. The van der Waals surface area contributed by atoms with Crippen LogP contribution in [0.15, 0.2) is 48.5 Å². The molecule has 20 heavy (non-hydrogen) atoms. The Bertz CT molecular complexity index is 639. The van der Waals surface area contributed by atoms with Gasteiger partial charge in [0.2, 0.25) is 0 Å². The highest BCUT2D eigenvalue weighted by atomic mass is 16.5. The van der Waals surface area contributed by atoms with Gasteiger partial charge in [-0.05, 0) is 48.2 Å². The smallest absolute Gasteiger partial charge is 0.337 e. The van der Waals surface area contributed by atoms with Gasteiger partial charge in [-0.15, -0.1) is 0 Å². The summed E-state index contributed by atoms with van der Waals surface area (Å²) in [4.78, 5) is 11.5. The molecule has 0 spiro atoms. The molecule has 3 nitrogen and oxygen atoms in total. The van der Waals surface area contributed by atoms with E-state index >= 15 is 0 Å². The number of nitrogens with zero attached hydrogens (tertiary/aromatic N) is 1. The summed E-state index contributed by atoms with van der Waals surface area (Å²) in [7, 11) is 1.38. The molecular formula is C17H15NO2. The number of rotatable bonds is 4. The average Bonchev–Trinajstić information content (AvgIpc) is 2.53. The van der Waals surface area contributed by atoms with E-state index in [2.05, 4.69) is 6.07 Å². The molecule has 2 aromatic carbocycles. The number of carbonyl (C=O) groups excluding carboxylic acids is 1. The topological polar surface area (TPSA) is 50.1 Å². The maximum absolute atomic E-state index is 11.5. The van der Waals surface area contributed by atoms with E-state index in [9.17, 15) is 4.79 Å². The predicted molar refractivity (Wildman–Crippen MR) is 76.3 cm³/mol. The molecule has 0 bridgehead atoms. The van der Waals surface area contributed by atoms with E-state index in [1.54, 1.807) is 6.07 Å². The van der Waals surface area contributed by atoms with Crippen LogP contribution < -0.4 is 0 Å². The van der Waals surface area contributed by atoms with Gasteiger partial charge >= 0.3 is 5.97 Å². The number of nitriles is 1. The van der Waals surface area contributed by atoms with Gasteiger partial charge in [-0.25, -0.2) is 4.79 Å². The molecule has 0 aromatic heterocycles. The standard InChI is InChI=1S/C17H15NO2/c1-20-17(19)16-4-2-3-14(11-16)8-5-13-6-9-15(12-18)10-7-13/h2-4,6-7,9-11H,5,8H2,1H3. The summed E-state index contributed by atoms with van der Waals surface area (Å²) in [5, 5.41) is 8.75. The number of esters is 1. The van der Waals surface area contributed by atoms with Crippen molar-refractivity contribution in [1.29, 1.82) is 5.26 Å². The highest BCUT2D eigenvalue weighted by Gasteiger charge is 2.05. The number of benzene rings is 2. The van der Waals surface area contributed by atoms with Gasteiger partial charge in [0.25, 0.3) is 0 Å². The normalized spacial score (nSPS) is 9.80. The fourth-order valence-electron chi connectivity index (χ4n) is 2.01. The summed E-state index contributed by atoms with van der Waals surface area (Å²) in [6, 6.07) is 17.1. The van der Waals surface area contributed by atoms with Crippen LogP contribution in [0.3, 0.4) is 0 Å². The summed E-state index contributed by atoms with van der Waals surface area (Å²) in [5.41, 5.74) is 3.51. The van der Waals surface area contributed by atoms with Gasteiger partial charge < -0.3 is 4.74 Å². The van der Waals surface area contributed by atoms with Crippen molar-refractivity contribution in [2.24, 2.45) is 0 Å². The molecule has 0 heterocycles. The highest BCUT2D eigenvalue weighted by molar-refractivity contribution is 5.89. The van der Waals surface area contributed by atoms with Gasteiger partial charge in [-0.3, -0.25) is 0 Å². The van der Waals surface area contributed by atoms with Crippen LogP contribution in [0.1, 0.15) is 27.0 Å². The van der Waals surface area contributed by atoms with E-state index in [1.807, 2.05) is 42.5 Å². The molecule has 0 saturated carbocycles. The van der Waals surface area contributed by atoms with E-state index in [4.69, 9.17) is 10.00 Å². The van der Waals surface area contributed by atoms with E-state index in [0.717, 1.165) is 18.4 Å². The van der Waals surface area contributed by atoms with Crippen molar-refractivity contribution in [3.63, 3.8) is 0 Å². The van der Waals surface area contributed by atoms with Crippen molar-refractivity contribution in [3.8, 4) is 6.07 Å². The van der Waals surface area contributed by atoms with Crippen LogP contribution in [0.4, 0.5) is 0 Å². The van der Waals surface area contributed by atoms with Crippen molar-refractivity contribution in [2.75, 3.05) is 7.11 Å². The monoisotopic (exact) mass is 265 g/mol. The maximum atomic E-state index is 11.5. The Morgan fingerprint density at radius 1 is 1.10 bits per heavy atom. The van der Waals surface area contributed by atoms with Crippen LogP contribution in [-0.4, -0.2) is 13.1 Å². The van der Waals surface area contributed by atoms with E-state index in [1.165, 1.54) is 12.7 Å². The minimum absolute atomic E-state index is 0.315. The lowest BCUT2D eigenvalue weighted by Crippen LogP contribution is -2.02. The zero-order chi connectivity index (χ0) is 14.4. The van der Waals surface area contributed by atoms with Crippen LogP contribution in [-0.2, 0) is 17.6 Å². The molecule has 0 aliphatic carbocycles. The Morgan fingerprint density at radius 3 is 2.45 bits per heavy atom. The second-order valence-electron chi connectivity index (χ2n) is 4.50. The molecule has 0 N–H and O–H groups in total. The first-order chi connectivity index (χ1) is 9.72. The first kappa shape index (κ1) is 13.8. The molecule has 0 atom stereocenters. The Labute approximate surface area is 118 Å². The molecule has 0 amide bonds. The third-order valence-electron chi connectivity index (χ3n) is 3.13. The van der Waals surface area contributed by atoms with Gasteiger partial charge in [0.1, 0.15) is 0 Å². The molecule has 0 aliphatic heterocycles. The van der Waals surface area contributed by atoms with Crippen molar-refractivity contribution in [2.45, 2.75) is 12.8 Å². The molecule has 100 valence electrons. The highest BCUT2D eigenvalue weighted by Crippen LogP contribution is 2.11. The minimum Gasteiger partial charge on any atom is -0.465 e. The summed E-state index contributed by atoms with van der Waals surface area (Å²) < 4.78 is 4.71. The maximum Gasteiger partial charge on any atom is 0.337 e. The Balaban J connectivity index is 2.03. The van der Waals surface area contributed by atoms with Crippen LogP contribution in [0, 0.1) is 11.3 Å². The number of hydrogen-bond donors (Lipinski definition) is 0. The van der Waals surface area contributed by atoms with Gasteiger partial charge in [-0.2, -0.15) is 5.26 Å². The summed E-state index contributed by atoms with van der Waals surface area (Å²) in [5.74, 6) is -0.315. The zero-order valence-electron chi connectivity index (χ0n) is 11.3. The number of carbonyl (C=O) groups is 1. The third-order valence-corrected chi connectivity index (χ3v) is 3.13. The number of hydrogen-bond acceptors (Lipinski definition) is 3. The molecule has 2 rings (SSSR count). The van der Waals surface area contributed by atoms with Crippen LogP contribution in [0.5, 0.6) is 0 Å². The summed E-state index contributed by atoms with van der Waals surface area (Å²) >= 11 is 0. The van der Waals surface area contributed by atoms with E-state index in [0.29, 0.717) is 11.1 Å². The van der Waals surface area contributed by atoms with Gasteiger partial charge in [-0.1, -0.05) is 24.3 Å². The van der Waals surface area contributed by atoms with Gasteiger partial charge in [0.05, 0.1) is 24.3 Å². The van der Waals surface area contributed by atoms with Crippen LogP contribution in [0.25, 0.3) is 0 Å². The summed E-state index contributed by atoms with van der Waals surface area (Å²) in [6.45, 7) is 0. The predicted octanol–water partition coefficient (Wildman–Crippen LogP) is 3.13. The van der Waals surface area contributed by atoms with Crippen molar-refractivity contribution >= 4 is 5.97 Å². The minimum atomic E-state index is -0.315. The fourth-order valence-corrected chi connectivity index (χ4v) is 2.01. The van der Waals surface area contributed by atoms with Gasteiger partial charge in [0, 0.05) is 0 Å². The molecule has 0 radical (unpaired) electrons. The van der Waals surface area contributed by atoms with E-state index in [-0.39, 0.29) is 5.97 Å². The fraction of sp³-hybridized carbons (Fsp3) is 0.176. The molecule has 0 fully saturated rings. The lowest BCUT2D eigenvalue weighted by molar-refractivity contribution is 0.0600. The number of aryl methyl sites for hydroxylation is 2. The summed E-state index contributed by atoms with van der Waals surface area (Å²) in [6.07, 6.45) is 1.72. The first-order valence-corrected chi connectivity index (χ1v) is 6.39. The third kappa shape index (κ3) is 3.46. The number of ether oxygens (including phenoxy) is 1. The second-order valence-corrected chi connectivity index (χ2v) is 4.50. The lowest BCUT2D eigenvalue weighted by Gasteiger charge is -2.05. The molecule has 2 aromatic rings. The second kappa shape index (κ2) is 6.53. The van der Waals surface area contributed by atoms with Crippen molar-refractivity contribution in [1.82, 2.24) is 0 Å².